The van der Waals surface area contributed by atoms with Crippen LogP contribution in [0.2, 0.25) is 0 Å². The first-order chi connectivity index (χ1) is 11.6. The average molecular weight is 348 g/mol. The molecular weight excluding hydrogens is 324 g/mol. The normalized spacial score (nSPS) is 24.2. The first kappa shape index (κ1) is 20.6. The molecule has 1 fully saturated rings. The number of hydrogen-bond donors (Lipinski definition) is 0. The van der Waals surface area contributed by atoms with Crippen LogP contribution in [-0.4, -0.2) is 31.9 Å². The predicted octanol–water partition coefficient (Wildman–Crippen LogP) is 2.01. The maximum atomic E-state index is 12.6. The van der Waals surface area contributed by atoms with Crippen LogP contribution < -0.4 is 0 Å². The highest BCUT2D eigenvalue weighted by atomic mass is 16.5. The molecule has 0 spiro atoms. The summed E-state index contributed by atoms with van der Waals surface area (Å²) in [5.41, 5.74) is -2.36. The van der Waals surface area contributed by atoms with Crippen molar-refractivity contribution in [3.63, 3.8) is 0 Å². The van der Waals surface area contributed by atoms with Crippen LogP contribution >= 0.6 is 0 Å². The summed E-state index contributed by atoms with van der Waals surface area (Å²) in [6.45, 7) is 6.04. The summed E-state index contributed by atoms with van der Waals surface area (Å²) in [5.74, 6) is -5.16. The molecule has 7 nitrogen and oxygen atoms in total. The Morgan fingerprint density at radius 1 is 1.20 bits per heavy atom. The number of esters is 2. The summed E-state index contributed by atoms with van der Waals surface area (Å²) >= 11 is 0. The van der Waals surface area contributed by atoms with Crippen LogP contribution in [0.1, 0.15) is 40.0 Å². The Hall–Kier alpha value is -2.41. The molecule has 1 saturated carbocycles. The molecule has 25 heavy (non-hydrogen) atoms. The second-order valence-electron chi connectivity index (χ2n) is 7.41. The minimum Gasteiger partial charge on any atom is -0.468 e. The largest absolute Gasteiger partial charge is 0.468 e. The molecule has 0 aromatic heterocycles. The van der Waals surface area contributed by atoms with E-state index in [-0.39, 0.29) is 30.0 Å². The van der Waals surface area contributed by atoms with Crippen LogP contribution in [0.5, 0.6) is 0 Å². The first-order valence-electron chi connectivity index (χ1n) is 8.09. The van der Waals surface area contributed by atoms with E-state index >= 15 is 0 Å². The molecule has 1 aliphatic carbocycles. The Morgan fingerprint density at radius 2 is 1.80 bits per heavy atom. The highest BCUT2D eigenvalue weighted by molar-refractivity contribution is 5.96. The lowest BCUT2D eigenvalue weighted by atomic mass is 9.58. The number of carbonyl (C=O) groups excluding carboxylic acids is 3. The van der Waals surface area contributed by atoms with Crippen LogP contribution in [0, 0.1) is 51.2 Å². The standard InChI is InChI=1S/C18H24N2O5/c1-17(2,3)11-6-7-14(21)12(8-11)18(10-20,16(23)25-5)13(9-19)15(22)24-4/h11-13H,6-8H2,1-5H3/t11-,12-,13+,18-/m1/s1. The number of rotatable bonds is 4. The Balaban J connectivity index is 3.53. The van der Waals surface area contributed by atoms with E-state index < -0.39 is 29.2 Å². The second kappa shape index (κ2) is 7.65. The van der Waals surface area contributed by atoms with Gasteiger partial charge in [-0.1, -0.05) is 20.8 Å². The minimum absolute atomic E-state index is 0.0598. The summed E-state index contributed by atoms with van der Waals surface area (Å²) in [6, 6.07) is 3.47. The van der Waals surface area contributed by atoms with Gasteiger partial charge in [0.05, 0.1) is 26.4 Å². The predicted molar refractivity (Wildman–Crippen MR) is 86.5 cm³/mol. The summed E-state index contributed by atoms with van der Waals surface area (Å²) in [4.78, 5) is 37.2. The van der Waals surface area contributed by atoms with Gasteiger partial charge in [-0.15, -0.1) is 0 Å². The molecule has 1 aliphatic rings. The van der Waals surface area contributed by atoms with Gasteiger partial charge in [0.2, 0.25) is 0 Å². The summed E-state index contributed by atoms with van der Waals surface area (Å²) in [5, 5.41) is 19.3. The van der Waals surface area contributed by atoms with Gasteiger partial charge in [0.15, 0.2) is 11.3 Å². The molecule has 0 heterocycles. The topological polar surface area (TPSA) is 117 Å². The Labute approximate surface area is 147 Å². The number of hydrogen-bond acceptors (Lipinski definition) is 7. The lowest BCUT2D eigenvalue weighted by molar-refractivity contribution is -0.167. The second-order valence-corrected chi connectivity index (χ2v) is 7.41. The van der Waals surface area contributed by atoms with E-state index in [0.717, 1.165) is 14.2 Å². The highest BCUT2D eigenvalue weighted by Gasteiger charge is 2.61. The molecule has 0 aromatic rings. The monoisotopic (exact) mass is 348 g/mol. The van der Waals surface area contributed by atoms with Gasteiger partial charge >= 0.3 is 11.9 Å². The lowest BCUT2D eigenvalue weighted by Gasteiger charge is -2.42. The molecule has 0 unspecified atom stereocenters. The van der Waals surface area contributed by atoms with E-state index in [0.29, 0.717) is 6.42 Å². The zero-order chi connectivity index (χ0) is 19.4. The van der Waals surface area contributed by atoms with Crippen molar-refractivity contribution < 1.29 is 23.9 Å². The van der Waals surface area contributed by atoms with Crippen LogP contribution in [0.15, 0.2) is 0 Å². The van der Waals surface area contributed by atoms with Crippen LogP contribution in [-0.2, 0) is 23.9 Å². The van der Waals surface area contributed by atoms with Crippen molar-refractivity contribution in [2.45, 2.75) is 40.0 Å². The Kier molecular flexibility index (Phi) is 6.31. The smallest absolute Gasteiger partial charge is 0.328 e. The van der Waals surface area contributed by atoms with Gasteiger partial charge in [0, 0.05) is 12.3 Å². The Bertz CT molecular complexity index is 637. The quantitative estimate of drug-likeness (QED) is 0.713. The third-order valence-electron chi connectivity index (χ3n) is 5.15. The fourth-order valence-electron chi connectivity index (χ4n) is 3.53. The van der Waals surface area contributed by atoms with E-state index in [1.165, 1.54) is 0 Å². The number of methoxy groups -OCH3 is 2. The summed E-state index contributed by atoms with van der Waals surface area (Å²) in [6.07, 6.45) is 1.06. The maximum Gasteiger partial charge on any atom is 0.328 e. The number of nitriles is 2. The third-order valence-corrected chi connectivity index (χ3v) is 5.15. The van der Waals surface area contributed by atoms with Crippen molar-refractivity contribution in [1.29, 1.82) is 10.5 Å². The summed E-state index contributed by atoms with van der Waals surface area (Å²) < 4.78 is 9.33. The fraction of sp³-hybridized carbons (Fsp3) is 0.722. The molecule has 0 bridgehead atoms. The lowest BCUT2D eigenvalue weighted by Crippen LogP contribution is -2.52. The van der Waals surface area contributed by atoms with E-state index in [1.54, 1.807) is 12.1 Å². The number of nitrogens with zero attached hydrogens (tertiary/aromatic N) is 2. The van der Waals surface area contributed by atoms with E-state index in [1.807, 2.05) is 20.8 Å². The number of Topliss-reactive ketones (excluding diaryl/α,β-unsaturated/α-hetero) is 1. The van der Waals surface area contributed by atoms with Crippen LogP contribution in [0.4, 0.5) is 0 Å². The van der Waals surface area contributed by atoms with Gasteiger partial charge in [-0.2, -0.15) is 10.5 Å². The zero-order valence-corrected chi connectivity index (χ0v) is 15.3. The molecule has 0 aromatic carbocycles. The van der Waals surface area contributed by atoms with E-state index in [9.17, 15) is 24.9 Å². The van der Waals surface area contributed by atoms with Crippen LogP contribution in [0.25, 0.3) is 0 Å². The molecule has 0 amide bonds. The van der Waals surface area contributed by atoms with Gasteiger partial charge in [0.1, 0.15) is 5.78 Å². The van der Waals surface area contributed by atoms with Gasteiger partial charge in [-0.25, -0.2) is 0 Å². The van der Waals surface area contributed by atoms with Crippen molar-refractivity contribution >= 4 is 17.7 Å². The SMILES string of the molecule is COC(=O)[C@H](C#N)[C@](C#N)(C(=O)OC)[C@@H]1C[C@H](C(C)(C)C)CCC1=O. The van der Waals surface area contributed by atoms with Crippen molar-refractivity contribution in [2.75, 3.05) is 14.2 Å². The molecule has 4 atom stereocenters. The highest BCUT2D eigenvalue weighted by Crippen LogP contribution is 2.48. The summed E-state index contributed by atoms with van der Waals surface area (Å²) in [7, 11) is 2.13. The minimum atomic E-state index is -2.21. The van der Waals surface area contributed by atoms with Gasteiger partial charge in [-0.05, 0) is 24.2 Å². The first-order valence-corrected chi connectivity index (χ1v) is 8.09. The molecule has 136 valence electrons. The molecule has 7 heteroatoms. The van der Waals surface area contributed by atoms with Gasteiger partial charge < -0.3 is 9.47 Å². The Morgan fingerprint density at radius 3 is 2.20 bits per heavy atom. The molecule has 0 N–H and O–H groups in total. The van der Waals surface area contributed by atoms with Crippen molar-refractivity contribution in [2.24, 2.45) is 28.6 Å². The average Bonchev–Trinajstić information content (AvgIpc) is 2.58. The number of ether oxygens (including phenoxy) is 2. The molecular formula is C18H24N2O5. The number of ketones is 1. The zero-order valence-electron chi connectivity index (χ0n) is 15.3. The van der Waals surface area contributed by atoms with E-state index in [4.69, 9.17) is 4.74 Å². The van der Waals surface area contributed by atoms with Crippen molar-refractivity contribution in [3.8, 4) is 12.1 Å². The molecule has 0 saturated heterocycles. The van der Waals surface area contributed by atoms with E-state index in [2.05, 4.69) is 4.74 Å². The number of carbonyl (C=O) groups is 3. The maximum absolute atomic E-state index is 12.6. The van der Waals surface area contributed by atoms with Gasteiger partial charge in [0.25, 0.3) is 0 Å². The van der Waals surface area contributed by atoms with Gasteiger partial charge in [-0.3, -0.25) is 14.4 Å². The molecule has 0 radical (unpaired) electrons. The third kappa shape index (κ3) is 3.66. The molecule has 1 rings (SSSR count). The van der Waals surface area contributed by atoms with Crippen molar-refractivity contribution in [3.05, 3.63) is 0 Å². The molecule has 0 aliphatic heterocycles. The van der Waals surface area contributed by atoms with Crippen molar-refractivity contribution in [1.82, 2.24) is 0 Å². The fourth-order valence-corrected chi connectivity index (χ4v) is 3.53. The van der Waals surface area contributed by atoms with Crippen LogP contribution in [0.3, 0.4) is 0 Å².